The fourth-order valence-electron chi connectivity index (χ4n) is 1.48. The Bertz CT molecular complexity index is 508. The molecule has 0 amide bonds. The van der Waals surface area contributed by atoms with E-state index in [0.29, 0.717) is 6.61 Å². The molecule has 0 saturated carbocycles. The van der Waals surface area contributed by atoms with Gasteiger partial charge in [0.2, 0.25) is 0 Å². The van der Waals surface area contributed by atoms with Gasteiger partial charge in [-0.2, -0.15) is 0 Å². The number of hydrogen-bond donors (Lipinski definition) is 1. The second-order valence-corrected chi connectivity index (χ2v) is 4.78. The molecule has 0 spiro atoms. The van der Waals surface area contributed by atoms with Crippen LogP contribution >= 0.6 is 0 Å². The first-order valence-corrected chi connectivity index (χ1v) is 5.77. The van der Waals surface area contributed by atoms with E-state index in [-0.39, 0.29) is 5.54 Å². The van der Waals surface area contributed by atoms with Crippen molar-refractivity contribution in [2.75, 3.05) is 13.7 Å². The molecule has 0 saturated heterocycles. The zero-order valence-electron chi connectivity index (χ0n) is 10.5. The Morgan fingerprint density at radius 2 is 2.12 bits per heavy atom. The minimum absolute atomic E-state index is 0.0239. The van der Waals surface area contributed by atoms with E-state index < -0.39 is 0 Å². The minimum atomic E-state index is -0.0239. The van der Waals surface area contributed by atoms with Crippen LogP contribution in [0.4, 0.5) is 0 Å². The molecular formula is C14H18N2O. The van der Waals surface area contributed by atoms with E-state index >= 15 is 0 Å². The summed E-state index contributed by atoms with van der Waals surface area (Å²) in [6.45, 7) is 4.85. The van der Waals surface area contributed by atoms with Crippen LogP contribution in [-0.2, 0) is 0 Å². The summed E-state index contributed by atoms with van der Waals surface area (Å²) in [5.74, 6) is 0.883. The van der Waals surface area contributed by atoms with Gasteiger partial charge in [-0.25, -0.2) is 0 Å². The van der Waals surface area contributed by atoms with Gasteiger partial charge in [0.1, 0.15) is 12.4 Å². The number of hydrogen-bond acceptors (Lipinski definition) is 3. The zero-order valence-corrected chi connectivity index (χ0v) is 10.5. The van der Waals surface area contributed by atoms with E-state index in [1.807, 2.05) is 37.4 Å². The molecule has 0 aliphatic carbocycles. The molecule has 0 radical (unpaired) electrons. The molecule has 3 nitrogen and oxygen atoms in total. The standard InChI is InChI=1S/C14H18N2O/c1-14(2,15-3)10-17-12-6-7-13-11(9-12)5-4-8-16-13/h4-9,15H,10H2,1-3H3. The van der Waals surface area contributed by atoms with Crippen molar-refractivity contribution in [1.82, 2.24) is 10.3 Å². The van der Waals surface area contributed by atoms with Crippen molar-refractivity contribution in [3.05, 3.63) is 36.5 Å². The van der Waals surface area contributed by atoms with Crippen LogP contribution in [0.5, 0.6) is 5.75 Å². The van der Waals surface area contributed by atoms with Crippen LogP contribution in [0.15, 0.2) is 36.5 Å². The maximum absolute atomic E-state index is 5.78. The summed E-state index contributed by atoms with van der Waals surface area (Å²) in [5, 5.41) is 4.32. The van der Waals surface area contributed by atoms with Gasteiger partial charge in [-0.3, -0.25) is 4.98 Å². The maximum atomic E-state index is 5.78. The van der Waals surface area contributed by atoms with E-state index in [1.165, 1.54) is 0 Å². The molecule has 90 valence electrons. The van der Waals surface area contributed by atoms with Gasteiger partial charge in [-0.1, -0.05) is 6.07 Å². The lowest BCUT2D eigenvalue weighted by molar-refractivity contribution is 0.217. The number of likely N-dealkylation sites (N-methyl/N-ethyl adjacent to an activating group) is 1. The second-order valence-electron chi connectivity index (χ2n) is 4.78. The molecule has 1 aromatic carbocycles. The highest BCUT2D eigenvalue weighted by Crippen LogP contribution is 2.19. The van der Waals surface area contributed by atoms with Crippen LogP contribution < -0.4 is 10.1 Å². The van der Waals surface area contributed by atoms with Crippen LogP contribution in [0.1, 0.15) is 13.8 Å². The van der Waals surface area contributed by atoms with Gasteiger partial charge < -0.3 is 10.1 Å². The van der Waals surface area contributed by atoms with Crippen LogP contribution in [0.3, 0.4) is 0 Å². The van der Waals surface area contributed by atoms with Gasteiger partial charge in [0.05, 0.1) is 5.52 Å². The third-order valence-corrected chi connectivity index (χ3v) is 2.85. The van der Waals surface area contributed by atoms with Crippen LogP contribution in [0, 0.1) is 0 Å². The molecule has 1 N–H and O–H groups in total. The fourth-order valence-corrected chi connectivity index (χ4v) is 1.48. The van der Waals surface area contributed by atoms with Gasteiger partial charge in [0.15, 0.2) is 0 Å². The Hall–Kier alpha value is -1.61. The largest absolute Gasteiger partial charge is 0.492 e. The highest BCUT2D eigenvalue weighted by molar-refractivity contribution is 5.79. The van der Waals surface area contributed by atoms with E-state index in [0.717, 1.165) is 16.7 Å². The third-order valence-electron chi connectivity index (χ3n) is 2.85. The number of benzene rings is 1. The number of nitrogens with zero attached hydrogens (tertiary/aromatic N) is 1. The number of fused-ring (bicyclic) bond motifs is 1. The predicted octanol–water partition coefficient (Wildman–Crippen LogP) is 2.61. The van der Waals surface area contributed by atoms with E-state index in [4.69, 9.17) is 4.74 Å². The lowest BCUT2D eigenvalue weighted by Crippen LogP contribution is -2.42. The summed E-state index contributed by atoms with van der Waals surface area (Å²) in [4.78, 5) is 4.28. The Morgan fingerprint density at radius 3 is 2.88 bits per heavy atom. The number of nitrogens with one attached hydrogen (secondary N) is 1. The van der Waals surface area contributed by atoms with Gasteiger partial charge in [0, 0.05) is 17.1 Å². The first-order valence-electron chi connectivity index (χ1n) is 5.77. The maximum Gasteiger partial charge on any atom is 0.120 e. The number of aromatic nitrogens is 1. The highest BCUT2D eigenvalue weighted by Gasteiger charge is 2.15. The van der Waals surface area contributed by atoms with Crippen molar-refractivity contribution in [2.45, 2.75) is 19.4 Å². The number of ether oxygens (including phenoxy) is 1. The Balaban J connectivity index is 2.14. The van der Waals surface area contributed by atoms with E-state index in [2.05, 4.69) is 24.1 Å². The topological polar surface area (TPSA) is 34.1 Å². The first-order chi connectivity index (χ1) is 8.11. The van der Waals surface area contributed by atoms with E-state index in [9.17, 15) is 0 Å². The molecule has 0 unspecified atom stereocenters. The molecule has 0 bridgehead atoms. The van der Waals surface area contributed by atoms with Gasteiger partial charge in [-0.15, -0.1) is 0 Å². The molecule has 0 aliphatic rings. The summed E-state index contributed by atoms with van der Waals surface area (Å²) in [5.41, 5.74) is 0.969. The average Bonchev–Trinajstić information content (AvgIpc) is 2.36. The molecule has 2 aromatic rings. The monoisotopic (exact) mass is 230 g/mol. The Kier molecular flexibility index (Phi) is 3.29. The quantitative estimate of drug-likeness (QED) is 0.876. The summed E-state index contributed by atoms with van der Waals surface area (Å²) in [7, 11) is 1.94. The molecule has 2 rings (SSSR count). The number of pyridine rings is 1. The van der Waals surface area contributed by atoms with Gasteiger partial charge in [-0.05, 0) is 45.2 Å². The second kappa shape index (κ2) is 4.72. The summed E-state index contributed by atoms with van der Waals surface area (Å²) < 4.78 is 5.78. The van der Waals surface area contributed by atoms with Crippen LogP contribution in [0.25, 0.3) is 10.9 Å². The van der Waals surface area contributed by atoms with Crippen LogP contribution in [-0.4, -0.2) is 24.2 Å². The molecule has 0 atom stereocenters. The summed E-state index contributed by atoms with van der Waals surface area (Å²) >= 11 is 0. The minimum Gasteiger partial charge on any atom is -0.492 e. The third kappa shape index (κ3) is 2.94. The van der Waals surface area contributed by atoms with Crippen molar-refractivity contribution in [2.24, 2.45) is 0 Å². The molecule has 17 heavy (non-hydrogen) atoms. The Morgan fingerprint density at radius 1 is 1.29 bits per heavy atom. The molecule has 0 fully saturated rings. The Labute approximate surface area is 102 Å². The van der Waals surface area contributed by atoms with E-state index in [1.54, 1.807) is 6.20 Å². The van der Waals surface area contributed by atoms with Gasteiger partial charge >= 0.3 is 0 Å². The first kappa shape index (κ1) is 11.9. The molecule has 0 aliphatic heterocycles. The van der Waals surface area contributed by atoms with Crippen molar-refractivity contribution >= 4 is 10.9 Å². The highest BCUT2D eigenvalue weighted by atomic mass is 16.5. The SMILES string of the molecule is CNC(C)(C)COc1ccc2ncccc2c1. The predicted molar refractivity (Wildman–Crippen MR) is 70.4 cm³/mol. The van der Waals surface area contributed by atoms with Crippen molar-refractivity contribution in [3.8, 4) is 5.75 Å². The number of rotatable bonds is 4. The van der Waals surface area contributed by atoms with Gasteiger partial charge in [0.25, 0.3) is 0 Å². The normalized spacial score (nSPS) is 11.7. The lowest BCUT2D eigenvalue weighted by Gasteiger charge is -2.24. The summed E-state index contributed by atoms with van der Waals surface area (Å²) in [6.07, 6.45) is 1.80. The molecule has 1 heterocycles. The zero-order chi connectivity index (χ0) is 12.3. The van der Waals surface area contributed by atoms with Crippen molar-refractivity contribution < 1.29 is 4.74 Å². The molecule has 3 heteroatoms. The summed E-state index contributed by atoms with van der Waals surface area (Å²) in [6, 6.07) is 9.94. The molecule has 1 aromatic heterocycles. The lowest BCUT2D eigenvalue weighted by atomic mass is 10.1. The average molecular weight is 230 g/mol. The smallest absolute Gasteiger partial charge is 0.120 e. The fraction of sp³-hybridized carbons (Fsp3) is 0.357. The van der Waals surface area contributed by atoms with Crippen LogP contribution in [0.2, 0.25) is 0 Å². The van der Waals surface area contributed by atoms with Crippen molar-refractivity contribution in [3.63, 3.8) is 0 Å². The molecular weight excluding hydrogens is 212 g/mol. The van der Waals surface area contributed by atoms with Crippen molar-refractivity contribution in [1.29, 1.82) is 0 Å².